The Bertz CT molecular complexity index is 454. The van der Waals surface area contributed by atoms with Crippen LogP contribution in [0.25, 0.3) is 0 Å². The van der Waals surface area contributed by atoms with Crippen molar-refractivity contribution in [3.63, 3.8) is 0 Å². The minimum Gasteiger partial charge on any atom is -0.495 e. The minimum atomic E-state index is -0.911. The van der Waals surface area contributed by atoms with E-state index in [1.54, 1.807) is 26.0 Å². The summed E-state index contributed by atoms with van der Waals surface area (Å²) in [4.78, 5) is 23.2. The standard InChI is InChI=1S/C12H13ClO4/c1-4-17-12(15)11(14)9-7(2)5-6-8(16-3)10(9)13/h5-6H,4H2,1-3H3. The first-order valence-electron chi connectivity index (χ1n) is 5.07. The van der Waals surface area contributed by atoms with E-state index in [1.165, 1.54) is 7.11 Å². The van der Waals surface area contributed by atoms with Gasteiger partial charge < -0.3 is 9.47 Å². The SMILES string of the molecule is CCOC(=O)C(=O)c1c(C)ccc(OC)c1Cl. The molecule has 1 aromatic rings. The average Bonchev–Trinajstić information content (AvgIpc) is 2.29. The van der Waals surface area contributed by atoms with Crippen LogP contribution in [0, 0.1) is 6.92 Å². The molecule has 0 spiro atoms. The van der Waals surface area contributed by atoms with Crippen LogP contribution in [0.15, 0.2) is 12.1 Å². The van der Waals surface area contributed by atoms with E-state index in [1.807, 2.05) is 0 Å². The van der Waals surface area contributed by atoms with Crippen molar-refractivity contribution in [2.45, 2.75) is 13.8 Å². The number of hydrogen-bond donors (Lipinski definition) is 0. The predicted octanol–water partition coefficient (Wildman–Crippen LogP) is 2.40. The van der Waals surface area contributed by atoms with Crippen LogP contribution in [0.3, 0.4) is 0 Å². The lowest BCUT2D eigenvalue weighted by Gasteiger charge is -2.10. The van der Waals surface area contributed by atoms with Crippen molar-refractivity contribution in [1.82, 2.24) is 0 Å². The lowest BCUT2D eigenvalue weighted by molar-refractivity contribution is -0.137. The van der Waals surface area contributed by atoms with Gasteiger partial charge in [0.25, 0.3) is 5.78 Å². The fraction of sp³-hybridized carbons (Fsp3) is 0.333. The largest absolute Gasteiger partial charge is 0.495 e. The monoisotopic (exact) mass is 256 g/mol. The van der Waals surface area contributed by atoms with Crippen molar-refractivity contribution in [2.75, 3.05) is 13.7 Å². The first kappa shape index (κ1) is 13.5. The van der Waals surface area contributed by atoms with Crippen molar-refractivity contribution in [3.05, 3.63) is 28.3 Å². The second kappa shape index (κ2) is 5.68. The van der Waals surface area contributed by atoms with Crippen LogP contribution in [-0.4, -0.2) is 25.5 Å². The molecule has 4 nitrogen and oxygen atoms in total. The minimum absolute atomic E-state index is 0.129. The molecule has 1 aromatic carbocycles. The summed E-state index contributed by atoms with van der Waals surface area (Å²) in [5.41, 5.74) is 0.735. The fourth-order valence-electron chi connectivity index (χ4n) is 1.39. The van der Waals surface area contributed by atoms with Gasteiger partial charge in [0.1, 0.15) is 5.75 Å². The molecule has 0 aliphatic rings. The third-order valence-corrected chi connectivity index (χ3v) is 2.60. The lowest BCUT2D eigenvalue weighted by Crippen LogP contribution is -2.19. The molecule has 0 aliphatic heterocycles. The number of halogens is 1. The highest BCUT2D eigenvalue weighted by Gasteiger charge is 2.24. The second-order valence-corrected chi connectivity index (χ2v) is 3.70. The molecule has 0 atom stereocenters. The third-order valence-electron chi connectivity index (χ3n) is 2.22. The molecule has 0 aromatic heterocycles. The Balaban J connectivity index is 3.21. The van der Waals surface area contributed by atoms with Gasteiger partial charge >= 0.3 is 5.97 Å². The molecule has 0 saturated heterocycles. The summed E-state index contributed by atoms with van der Waals surface area (Å²) in [6.07, 6.45) is 0. The number of carbonyl (C=O) groups is 2. The van der Waals surface area contributed by atoms with Crippen molar-refractivity contribution in [1.29, 1.82) is 0 Å². The highest BCUT2D eigenvalue weighted by Crippen LogP contribution is 2.30. The summed E-state index contributed by atoms with van der Waals surface area (Å²) in [6.45, 7) is 3.47. The van der Waals surface area contributed by atoms with Crippen LogP contribution < -0.4 is 4.74 Å². The van der Waals surface area contributed by atoms with Gasteiger partial charge in [0, 0.05) is 0 Å². The van der Waals surface area contributed by atoms with Crippen molar-refractivity contribution < 1.29 is 19.1 Å². The van der Waals surface area contributed by atoms with Gasteiger partial charge in [-0.05, 0) is 25.5 Å². The summed E-state index contributed by atoms with van der Waals surface area (Å²) in [7, 11) is 1.44. The Hall–Kier alpha value is -1.55. The molecule has 92 valence electrons. The number of esters is 1. The average molecular weight is 257 g/mol. The van der Waals surface area contributed by atoms with E-state index in [2.05, 4.69) is 4.74 Å². The summed E-state index contributed by atoms with van der Waals surface area (Å²) >= 11 is 6.00. The Morgan fingerprint density at radius 1 is 1.35 bits per heavy atom. The third kappa shape index (κ3) is 2.77. The number of aryl methyl sites for hydroxylation is 1. The number of Topliss-reactive ketones (excluding diaryl/α,β-unsaturated/α-hetero) is 1. The molecule has 0 aliphatic carbocycles. The molecule has 0 radical (unpaired) electrons. The maximum absolute atomic E-state index is 11.8. The van der Waals surface area contributed by atoms with Crippen molar-refractivity contribution >= 4 is 23.4 Å². The zero-order valence-electron chi connectivity index (χ0n) is 9.87. The molecule has 1 rings (SSSR count). The number of benzene rings is 1. The van der Waals surface area contributed by atoms with Crippen LogP contribution in [0.1, 0.15) is 22.8 Å². The molecule has 5 heteroatoms. The maximum atomic E-state index is 11.8. The van der Waals surface area contributed by atoms with Gasteiger partial charge in [0.15, 0.2) is 0 Å². The van der Waals surface area contributed by atoms with Gasteiger partial charge in [-0.2, -0.15) is 0 Å². The van der Waals surface area contributed by atoms with E-state index in [0.717, 1.165) is 0 Å². The highest BCUT2D eigenvalue weighted by atomic mass is 35.5. The molecule has 0 N–H and O–H groups in total. The summed E-state index contributed by atoms with van der Waals surface area (Å²) in [5.74, 6) is -1.32. The van der Waals surface area contributed by atoms with Crippen LogP contribution >= 0.6 is 11.6 Å². The maximum Gasteiger partial charge on any atom is 0.379 e. The summed E-state index contributed by atoms with van der Waals surface area (Å²) < 4.78 is 9.65. The number of hydrogen-bond acceptors (Lipinski definition) is 4. The number of carbonyl (C=O) groups excluding carboxylic acids is 2. The van der Waals surface area contributed by atoms with Gasteiger partial charge in [-0.25, -0.2) is 4.79 Å². The quantitative estimate of drug-likeness (QED) is 0.472. The van der Waals surface area contributed by atoms with Gasteiger partial charge in [0.2, 0.25) is 0 Å². The molecule has 0 heterocycles. The number of rotatable bonds is 4. The van der Waals surface area contributed by atoms with E-state index < -0.39 is 11.8 Å². The van der Waals surface area contributed by atoms with Gasteiger partial charge in [-0.15, -0.1) is 0 Å². The van der Waals surface area contributed by atoms with Gasteiger partial charge in [-0.1, -0.05) is 17.7 Å². The second-order valence-electron chi connectivity index (χ2n) is 3.32. The van der Waals surface area contributed by atoms with Crippen LogP contribution in [0.4, 0.5) is 0 Å². The number of ketones is 1. The fourth-order valence-corrected chi connectivity index (χ4v) is 1.76. The van der Waals surface area contributed by atoms with Crippen molar-refractivity contribution in [2.24, 2.45) is 0 Å². The summed E-state index contributed by atoms with van der Waals surface area (Å²) in [5, 5.41) is 0.130. The molecule has 0 unspecified atom stereocenters. The van der Waals surface area contributed by atoms with E-state index in [0.29, 0.717) is 11.3 Å². The number of ether oxygens (including phenoxy) is 2. The van der Waals surface area contributed by atoms with Gasteiger partial charge in [0.05, 0.1) is 24.3 Å². The summed E-state index contributed by atoms with van der Waals surface area (Å²) in [6, 6.07) is 3.30. The zero-order chi connectivity index (χ0) is 13.0. The molecule has 0 saturated carbocycles. The zero-order valence-corrected chi connectivity index (χ0v) is 10.6. The molecule has 0 amide bonds. The van der Waals surface area contributed by atoms with E-state index in [-0.39, 0.29) is 17.2 Å². The Morgan fingerprint density at radius 2 is 2.00 bits per heavy atom. The Morgan fingerprint density at radius 3 is 2.53 bits per heavy atom. The van der Waals surface area contributed by atoms with E-state index >= 15 is 0 Å². The van der Waals surface area contributed by atoms with E-state index in [4.69, 9.17) is 16.3 Å². The van der Waals surface area contributed by atoms with Crippen LogP contribution in [0.2, 0.25) is 5.02 Å². The first-order valence-corrected chi connectivity index (χ1v) is 5.45. The normalized spacial score (nSPS) is 9.88. The smallest absolute Gasteiger partial charge is 0.379 e. The molecular weight excluding hydrogens is 244 g/mol. The molecular formula is C12H13ClO4. The molecule has 17 heavy (non-hydrogen) atoms. The molecule has 0 bridgehead atoms. The van der Waals surface area contributed by atoms with Gasteiger partial charge in [-0.3, -0.25) is 4.79 Å². The van der Waals surface area contributed by atoms with E-state index in [9.17, 15) is 9.59 Å². The predicted molar refractivity (Wildman–Crippen MR) is 63.7 cm³/mol. The Kier molecular flexibility index (Phi) is 4.52. The number of methoxy groups -OCH3 is 1. The highest BCUT2D eigenvalue weighted by molar-refractivity contribution is 6.46. The van der Waals surface area contributed by atoms with Crippen molar-refractivity contribution in [3.8, 4) is 5.75 Å². The lowest BCUT2D eigenvalue weighted by atomic mass is 10.0. The first-order chi connectivity index (χ1) is 8.02. The Labute approximate surface area is 104 Å². The molecule has 0 fully saturated rings. The topological polar surface area (TPSA) is 52.6 Å². The van der Waals surface area contributed by atoms with Crippen LogP contribution in [-0.2, 0) is 9.53 Å². The van der Waals surface area contributed by atoms with Crippen LogP contribution in [0.5, 0.6) is 5.75 Å².